The molecule has 0 unspecified atom stereocenters. The summed E-state index contributed by atoms with van der Waals surface area (Å²) >= 11 is 0. The van der Waals surface area contributed by atoms with E-state index in [2.05, 4.69) is 5.32 Å². The highest BCUT2D eigenvalue weighted by Crippen LogP contribution is 2.14. The quantitative estimate of drug-likeness (QED) is 0.528. The second-order valence-corrected chi connectivity index (χ2v) is 6.28. The van der Waals surface area contributed by atoms with Gasteiger partial charge in [0.05, 0.1) is 19.3 Å². The smallest absolute Gasteiger partial charge is 0.408 e. The number of aliphatic hydroxyl groups is 1. The van der Waals surface area contributed by atoms with Gasteiger partial charge in [-0.05, 0) is 20.8 Å². The van der Waals surface area contributed by atoms with Gasteiger partial charge in [-0.2, -0.15) is 0 Å². The molecular weight excluding hydrogens is 306 g/mol. The van der Waals surface area contributed by atoms with Crippen LogP contribution in [0.3, 0.4) is 0 Å². The van der Waals surface area contributed by atoms with Crippen LogP contribution in [0.15, 0.2) is 0 Å². The van der Waals surface area contributed by atoms with Crippen LogP contribution >= 0.6 is 0 Å². The second-order valence-electron chi connectivity index (χ2n) is 6.28. The molecule has 134 valence electrons. The molecule has 0 saturated carbocycles. The Bertz CT molecular complexity index is 417. The van der Waals surface area contributed by atoms with Gasteiger partial charge >= 0.3 is 18.0 Å². The number of amides is 1. The van der Waals surface area contributed by atoms with E-state index in [1.807, 2.05) is 0 Å². The number of rotatable bonds is 7. The van der Waals surface area contributed by atoms with E-state index in [4.69, 9.17) is 14.2 Å². The molecule has 0 saturated heterocycles. The zero-order chi connectivity index (χ0) is 18.2. The zero-order valence-corrected chi connectivity index (χ0v) is 14.5. The maximum absolute atomic E-state index is 12.0. The van der Waals surface area contributed by atoms with E-state index in [1.54, 1.807) is 27.7 Å². The molecular formula is C15H27NO7. The van der Waals surface area contributed by atoms with Gasteiger partial charge < -0.3 is 24.6 Å². The summed E-state index contributed by atoms with van der Waals surface area (Å²) in [5, 5.41) is 12.0. The van der Waals surface area contributed by atoms with Gasteiger partial charge in [-0.25, -0.2) is 4.79 Å². The molecule has 0 bridgehead atoms. The fourth-order valence-electron chi connectivity index (χ4n) is 1.84. The first-order valence-electron chi connectivity index (χ1n) is 7.37. The van der Waals surface area contributed by atoms with E-state index in [9.17, 15) is 19.5 Å². The lowest BCUT2D eigenvalue weighted by Crippen LogP contribution is -2.52. The van der Waals surface area contributed by atoms with Crippen LogP contribution in [0.5, 0.6) is 0 Å². The minimum atomic E-state index is -0.981. The van der Waals surface area contributed by atoms with E-state index in [-0.39, 0.29) is 6.61 Å². The molecule has 0 aliphatic heterocycles. The third-order valence-electron chi connectivity index (χ3n) is 2.74. The maximum Gasteiger partial charge on any atom is 0.408 e. The Kier molecular flexibility index (Phi) is 8.60. The van der Waals surface area contributed by atoms with E-state index in [0.29, 0.717) is 0 Å². The van der Waals surface area contributed by atoms with Crippen molar-refractivity contribution < 1.29 is 33.7 Å². The van der Waals surface area contributed by atoms with Crippen molar-refractivity contribution in [2.24, 2.45) is 5.92 Å². The minimum Gasteiger partial charge on any atom is -0.466 e. The van der Waals surface area contributed by atoms with Crippen LogP contribution in [0, 0.1) is 5.92 Å². The van der Waals surface area contributed by atoms with Crippen molar-refractivity contribution in [3.63, 3.8) is 0 Å². The fourth-order valence-corrected chi connectivity index (χ4v) is 1.84. The predicted molar refractivity (Wildman–Crippen MR) is 81.6 cm³/mol. The first kappa shape index (κ1) is 21.2. The van der Waals surface area contributed by atoms with Crippen molar-refractivity contribution in [1.82, 2.24) is 5.32 Å². The molecule has 0 fully saturated rings. The summed E-state index contributed by atoms with van der Waals surface area (Å²) < 4.78 is 15.1. The van der Waals surface area contributed by atoms with Crippen LogP contribution in [-0.4, -0.2) is 54.1 Å². The number of carbonyl (C=O) groups excluding carboxylic acids is 3. The number of alkyl carbamates (subject to hydrolysis) is 1. The molecule has 0 aromatic rings. The Hall–Kier alpha value is -1.83. The van der Waals surface area contributed by atoms with Gasteiger partial charge in [0.2, 0.25) is 0 Å². The van der Waals surface area contributed by atoms with Crippen molar-refractivity contribution in [2.75, 3.05) is 13.2 Å². The molecule has 8 heteroatoms. The SMILES string of the molecule is CC(=O)OC[C@H](C)[C@@H](NC(=O)OC(C)(C)C)[C@@H](CO)OC(C)=O. The van der Waals surface area contributed by atoms with E-state index in [1.165, 1.54) is 13.8 Å². The molecule has 0 aliphatic carbocycles. The zero-order valence-electron chi connectivity index (χ0n) is 14.5. The molecule has 0 spiro atoms. The highest BCUT2D eigenvalue weighted by atomic mass is 16.6. The Balaban J connectivity index is 5.06. The predicted octanol–water partition coefficient (Wildman–Crippen LogP) is 1.00. The van der Waals surface area contributed by atoms with Crippen molar-refractivity contribution >= 4 is 18.0 Å². The van der Waals surface area contributed by atoms with Crippen molar-refractivity contribution in [3.05, 3.63) is 0 Å². The minimum absolute atomic E-state index is 0.00639. The van der Waals surface area contributed by atoms with Crippen LogP contribution in [0.4, 0.5) is 4.79 Å². The summed E-state index contributed by atoms with van der Waals surface area (Å²) in [7, 11) is 0. The van der Waals surface area contributed by atoms with E-state index >= 15 is 0 Å². The lowest BCUT2D eigenvalue weighted by Gasteiger charge is -2.31. The molecule has 0 radical (unpaired) electrons. The normalized spacial score (nSPS) is 15.1. The van der Waals surface area contributed by atoms with E-state index < -0.39 is 48.3 Å². The van der Waals surface area contributed by atoms with Crippen molar-refractivity contribution in [2.45, 2.75) is 59.3 Å². The highest BCUT2D eigenvalue weighted by Gasteiger charge is 2.32. The maximum atomic E-state index is 12.0. The van der Waals surface area contributed by atoms with Crippen LogP contribution in [-0.2, 0) is 23.8 Å². The second kappa shape index (κ2) is 9.34. The number of hydrogen-bond acceptors (Lipinski definition) is 7. The molecule has 0 aliphatic rings. The van der Waals surface area contributed by atoms with Gasteiger partial charge in [0.25, 0.3) is 0 Å². The molecule has 8 nitrogen and oxygen atoms in total. The molecule has 1 amide bonds. The largest absolute Gasteiger partial charge is 0.466 e. The lowest BCUT2D eigenvalue weighted by atomic mass is 9.97. The molecule has 3 atom stereocenters. The van der Waals surface area contributed by atoms with E-state index in [0.717, 1.165) is 0 Å². The first-order valence-corrected chi connectivity index (χ1v) is 7.37. The molecule has 23 heavy (non-hydrogen) atoms. The van der Waals surface area contributed by atoms with Gasteiger partial charge in [0, 0.05) is 19.8 Å². The number of aliphatic hydroxyl groups excluding tert-OH is 1. The Labute approximate surface area is 136 Å². The average Bonchev–Trinajstić information content (AvgIpc) is 2.37. The average molecular weight is 333 g/mol. The van der Waals surface area contributed by atoms with Crippen LogP contribution in [0.1, 0.15) is 41.5 Å². The van der Waals surface area contributed by atoms with Gasteiger partial charge in [0.15, 0.2) is 0 Å². The van der Waals surface area contributed by atoms with Gasteiger partial charge in [0.1, 0.15) is 11.7 Å². The Morgan fingerprint density at radius 1 is 1.13 bits per heavy atom. The number of hydrogen-bond donors (Lipinski definition) is 2. The molecule has 2 N–H and O–H groups in total. The summed E-state index contributed by atoms with van der Waals surface area (Å²) in [5.41, 5.74) is -0.704. The van der Waals surface area contributed by atoms with Crippen LogP contribution in [0.25, 0.3) is 0 Å². The van der Waals surface area contributed by atoms with Crippen LogP contribution in [0.2, 0.25) is 0 Å². The molecule has 0 rings (SSSR count). The summed E-state index contributed by atoms with van der Waals surface area (Å²) in [4.78, 5) is 34.0. The van der Waals surface area contributed by atoms with Gasteiger partial charge in [-0.3, -0.25) is 9.59 Å². The number of nitrogens with one attached hydrogen (secondary N) is 1. The number of ether oxygens (including phenoxy) is 3. The van der Waals surface area contributed by atoms with Gasteiger partial charge in [-0.1, -0.05) is 6.92 Å². The summed E-state index contributed by atoms with van der Waals surface area (Å²) in [6, 6.07) is -0.780. The number of esters is 2. The fraction of sp³-hybridized carbons (Fsp3) is 0.800. The van der Waals surface area contributed by atoms with Gasteiger partial charge in [-0.15, -0.1) is 0 Å². The third kappa shape index (κ3) is 9.72. The topological polar surface area (TPSA) is 111 Å². The number of carbonyl (C=O) groups is 3. The lowest BCUT2D eigenvalue weighted by molar-refractivity contribution is -0.153. The van der Waals surface area contributed by atoms with Crippen molar-refractivity contribution in [1.29, 1.82) is 0 Å². The molecule has 0 aromatic heterocycles. The molecule has 0 aromatic carbocycles. The summed E-state index contributed by atoms with van der Waals surface area (Å²) in [5.74, 6) is -1.48. The van der Waals surface area contributed by atoms with Crippen LogP contribution < -0.4 is 5.32 Å². The molecule has 0 heterocycles. The van der Waals surface area contributed by atoms with Crippen molar-refractivity contribution in [3.8, 4) is 0 Å². The summed E-state index contributed by atoms with van der Waals surface area (Å²) in [6.07, 6.45) is -1.70. The third-order valence-corrected chi connectivity index (χ3v) is 2.74. The highest BCUT2D eigenvalue weighted by molar-refractivity contribution is 5.69. The standard InChI is InChI=1S/C15H27NO7/c1-9(8-21-10(2)18)13(12(7-17)22-11(3)19)16-14(20)23-15(4,5)6/h9,12-13,17H,7-8H2,1-6H3,(H,16,20)/t9-,12+,13+/m0/s1. The Morgan fingerprint density at radius 2 is 1.70 bits per heavy atom. The first-order chi connectivity index (χ1) is 10.5. The Morgan fingerprint density at radius 3 is 2.09 bits per heavy atom. The monoisotopic (exact) mass is 333 g/mol. The summed E-state index contributed by atoms with van der Waals surface area (Å²) in [6.45, 7) is 8.77.